The molecular weight excluding hydrogens is 360 g/mol. The van der Waals surface area contributed by atoms with Gasteiger partial charge < -0.3 is 10.1 Å². The number of aromatic nitrogens is 1. The molecule has 1 N–H and O–H groups in total. The molecule has 4 rings (SSSR count). The third-order valence-electron chi connectivity index (χ3n) is 4.73. The Morgan fingerprint density at radius 3 is 2.89 bits per heavy atom. The number of fused-ring (bicyclic) bond motifs is 2. The van der Waals surface area contributed by atoms with Crippen molar-refractivity contribution in [1.29, 1.82) is 0 Å². The third-order valence-corrected chi connectivity index (χ3v) is 5.67. The molecule has 0 saturated heterocycles. The maximum absolute atomic E-state index is 12.8. The lowest BCUT2D eigenvalue weighted by Crippen LogP contribution is -2.30. The molecule has 0 fully saturated rings. The van der Waals surface area contributed by atoms with Gasteiger partial charge in [0, 0.05) is 22.5 Å². The Hall–Kier alpha value is -2.73. The molecule has 3 aromatic rings. The van der Waals surface area contributed by atoms with Crippen molar-refractivity contribution in [1.82, 2.24) is 10.3 Å². The zero-order chi connectivity index (χ0) is 18.6. The summed E-state index contributed by atoms with van der Waals surface area (Å²) in [5.74, 6) is -0.727. The largest absolute Gasteiger partial charge is 0.452 e. The molecule has 0 radical (unpaired) electrons. The van der Waals surface area contributed by atoms with Crippen molar-refractivity contribution < 1.29 is 14.3 Å². The number of hydrogen-bond acceptors (Lipinski definition) is 5. The van der Waals surface area contributed by atoms with Crippen molar-refractivity contribution in [3.63, 3.8) is 0 Å². The second-order valence-corrected chi connectivity index (χ2v) is 7.57. The number of hydrogen-bond donors (Lipinski definition) is 1. The second-order valence-electron chi connectivity index (χ2n) is 6.54. The highest BCUT2D eigenvalue weighted by atomic mass is 32.1. The topological polar surface area (TPSA) is 68.3 Å². The Labute approximate surface area is 161 Å². The fraction of sp³-hybridized carbons (Fsp3) is 0.286. The van der Waals surface area contributed by atoms with E-state index in [9.17, 15) is 9.59 Å². The lowest BCUT2D eigenvalue weighted by Gasteiger charge is -2.12. The first-order valence-corrected chi connectivity index (χ1v) is 9.97. The monoisotopic (exact) mass is 380 g/mol. The van der Waals surface area contributed by atoms with Crippen molar-refractivity contribution in [2.75, 3.05) is 13.2 Å². The summed E-state index contributed by atoms with van der Waals surface area (Å²) in [6, 6.07) is 11.6. The van der Waals surface area contributed by atoms with E-state index in [0.29, 0.717) is 12.1 Å². The molecule has 0 unspecified atom stereocenters. The normalized spacial score (nSPS) is 12.7. The summed E-state index contributed by atoms with van der Waals surface area (Å²) in [6.45, 7) is 0.263. The van der Waals surface area contributed by atoms with Crippen molar-refractivity contribution in [3.8, 4) is 0 Å². The molecule has 5 nitrogen and oxygen atoms in total. The van der Waals surface area contributed by atoms with Crippen LogP contribution in [0.5, 0.6) is 0 Å². The van der Waals surface area contributed by atoms with Gasteiger partial charge in [-0.15, -0.1) is 11.3 Å². The van der Waals surface area contributed by atoms with Gasteiger partial charge in [-0.1, -0.05) is 24.3 Å². The molecule has 0 bridgehead atoms. The van der Waals surface area contributed by atoms with Crippen LogP contribution in [0.25, 0.3) is 10.9 Å². The predicted molar refractivity (Wildman–Crippen MR) is 105 cm³/mol. The SMILES string of the molecule is O=C(COC(=O)c1c2c(nc3ccccc13)CCC2)NCCc1cccs1. The van der Waals surface area contributed by atoms with E-state index < -0.39 is 5.97 Å². The molecule has 1 amide bonds. The molecule has 0 atom stereocenters. The van der Waals surface area contributed by atoms with E-state index in [1.54, 1.807) is 11.3 Å². The minimum atomic E-state index is -0.444. The van der Waals surface area contributed by atoms with Crippen LogP contribution in [0.15, 0.2) is 41.8 Å². The van der Waals surface area contributed by atoms with Gasteiger partial charge >= 0.3 is 5.97 Å². The number of pyridine rings is 1. The quantitative estimate of drug-likeness (QED) is 0.666. The number of nitrogens with one attached hydrogen (secondary N) is 1. The van der Waals surface area contributed by atoms with Gasteiger partial charge in [-0.05, 0) is 48.8 Å². The molecule has 1 aromatic carbocycles. The summed E-state index contributed by atoms with van der Waals surface area (Å²) < 4.78 is 5.33. The summed E-state index contributed by atoms with van der Waals surface area (Å²) in [4.78, 5) is 30.6. The summed E-state index contributed by atoms with van der Waals surface area (Å²) in [5, 5.41) is 5.60. The molecule has 138 valence electrons. The number of nitrogens with zero attached hydrogens (tertiary/aromatic N) is 1. The average molecular weight is 380 g/mol. The van der Waals surface area contributed by atoms with Crippen LogP contribution in [0, 0.1) is 0 Å². The van der Waals surface area contributed by atoms with Gasteiger partial charge in [0.1, 0.15) is 0 Å². The van der Waals surface area contributed by atoms with Gasteiger partial charge in [-0.2, -0.15) is 0 Å². The van der Waals surface area contributed by atoms with E-state index >= 15 is 0 Å². The van der Waals surface area contributed by atoms with E-state index in [1.807, 2.05) is 41.8 Å². The number of esters is 1. The van der Waals surface area contributed by atoms with Gasteiger partial charge in [-0.3, -0.25) is 9.78 Å². The zero-order valence-electron chi connectivity index (χ0n) is 14.9. The molecule has 2 heterocycles. The van der Waals surface area contributed by atoms with Gasteiger partial charge in [0.2, 0.25) is 0 Å². The summed E-state index contributed by atoms with van der Waals surface area (Å²) >= 11 is 1.66. The highest BCUT2D eigenvalue weighted by Gasteiger charge is 2.25. The Bertz CT molecular complexity index is 983. The minimum absolute atomic E-state index is 0.269. The molecule has 0 aliphatic heterocycles. The van der Waals surface area contributed by atoms with Crippen molar-refractivity contribution >= 4 is 34.1 Å². The Kier molecular flexibility index (Phi) is 5.16. The van der Waals surface area contributed by atoms with Gasteiger partial charge in [0.05, 0.1) is 11.1 Å². The number of thiophene rings is 1. The molecule has 1 aliphatic rings. The Morgan fingerprint density at radius 1 is 1.15 bits per heavy atom. The lowest BCUT2D eigenvalue weighted by atomic mass is 10.0. The number of amides is 1. The first kappa shape index (κ1) is 17.7. The summed E-state index contributed by atoms with van der Waals surface area (Å²) in [5.41, 5.74) is 3.31. The van der Waals surface area contributed by atoms with Gasteiger partial charge in [-0.25, -0.2) is 4.79 Å². The van der Waals surface area contributed by atoms with Crippen molar-refractivity contribution in [3.05, 3.63) is 63.5 Å². The Morgan fingerprint density at radius 2 is 2.04 bits per heavy atom. The lowest BCUT2D eigenvalue weighted by molar-refractivity contribution is -0.124. The maximum Gasteiger partial charge on any atom is 0.339 e. The summed E-state index contributed by atoms with van der Waals surface area (Å²) in [6.07, 6.45) is 3.47. The fourth-order valence-electron chi connectivity index (χ4n) is 3.48. The number of ether oxygens (including phenoxy) is 1. The predicted octanol–water partition coefficient (Wildman–Crippen LogP) is 3.30. The highest BCUT2D eigenvalue weighted by molar-refractivity contribution is 7.09. The van der Waals surface area contributed by atoms with E-state index in [2.05, 4.69) is 10.3 Å². The van der Waals surface area contributed by atoms with Crippen LogP contribution in [0.4, 0.5) is 0 Å². The molecular formula is C21H20N2O3S. The number of benzene rings is 1. The number of rotatable bonds is 6. The van der Waals surface area contributed by atoms with Crippen LogP contribution in [0.3, 0.4) is 0 Å². The van der Waals surface area contributed by atoms with E-state index in [4.69, 9.17) is 4.74 Å². The smallest absolute Gasteiger partial charge is 0.339 e. The van der Waals surface area contributed by atoms with E-state index in [1.165, 1.54) is 4.88 Å². The first-order chi connectivity index (χ1) is 13.2. The van der Waals surface area contributed by atoms with Crippen LogP contribution < -0.4 is 5.32 Å². The highest BCUT2D eigenvalue weighted by Crippen LogP contribution is 2.30. The Balaban J connectivity index is 1.42. The van der Waals surface area contributed by atoms with Crippen LogP contribution in [-0.2, 0) is 28.8 Å². The van der Waals surface area contributed by atoms with E-state index in [-0.39, 0.29) is 12.5 Å². The zero-order valence-corrected chi connectivity index (χ0v) is 15.7. The van der Waals surface area contributed by atoms with Gasteiger partial charge in [0.15, 0.2) is 6.61 Å². The van der Waals surface area contributed by atoms with Crippen molar-refractivity contribution in [2.24, 2.45) is 0 Å². The molecule has 0 saturated carbocycles. The van der Waals surface area contributed by atoms with Gasteiger partial charge in [0.25, 0.3) is 5.91 Å². The average Bonchev–Trinajstić information content (AvgIpc) is 3.35. The second kappa shape index (κ2) is 7.88. The first-order valence-electron chi connectivity index (χ1n) is 9.09. The molecule has 6 heteroatoms. The minimum Gasteiger partial charge on any atom is -0.452 e. The summed E-state index contributed by atoms with van der Waals surface area (Å²) in [7, 11) is 0. The molecule has 2 aromatic heterocycles. The number of aryl methyl sites for hydroxylation is 1. The fourth-order valence-corrected chi connectivity index (χ4v) is 4.19. The standard InChI is InChI=1S/C21H20N2O3S/c24-19(22-11-10-14-5-4-12-27-14)13-26-21(25)20-15-6-1-2-8-17(15)23-18-9-3-7-16(18)20/h1-2,4-6,8,12H,3,7,9-11,13H2,(H,22,24). The number of carbonyl (C=O) groups excluding carboxylic acids is 2. The van der Waals surface area contributed by atoms with Crippen LogP contribution in [-0.4, -0.2) is 30.0 Å². The van der Waals surface area contributed by atoms with Crippen molar-refractivity contribution in [2.45, 2.75) is 25.7 Å². The van der Waals surface area contributed by atoms with Crippen LogP contribution >= 0.6 is 11.3 Å². The van der Waals surface area contributed by atoms with Crippen LogP contribution in [0.2, 0.25) is 0 Å². The molecule has 27 heavy (non-hydrogen) atoms. The number of carbonyl (C=O) groups is 2. The molecule has 1 aliphatic carbocycles. The number of para-hydroxylation sites is 1. The van der Waals surface area contributed by atoms with E-state index in [0.717, 1.165) is 47.8 Å². The van der Waals surface area contributed by atoms with Crippen LogP contribution in [0.1, 0.15) is 32.9 Å². The molecule has 0 spiro atoms. The third kappa shape index (κ3) is 3.85. The maximum atomic E-state index is 12.8.